The molecule has 0 amide bonds. The standard InChI is InChI=1S/C16H15ClN2.ClH.H2O/c1-18-15-10-12-4-2-3-5-14(12)16(19-15)11-6-8-13(17)9-7-11;;/h2-9,16H,10H2,1H3,(H,18,19);1H;1H2. The summed E-state index contributed by atoms with van der Waals surface area (Å²) in [5.41, 5.74) is 3.79. The molecule has 0 aliphatic carbocycles. The SMILES string of the molecule is CNC1=NC(c2ccc(Cl)cc2)c2ccccc2C1.Cl.O. The zero-order valence-corrected chi connectivity index (χ0v) is 13.2. The summed E-state index contributed by atoms with van der Waals surface area (Å²) < 4.78 is 0. The molecule has 1 aliphatic rings. The number of nitrogens with zero attached hydrogens (tertiary/aromatic N) is 1. The molecule has 3 rings (SSSR count). The van der Waals surface area contributed by atoms with E-state index < -0.39 is 0 Å². The van der Waals surface area contributed by atoms with Crippen molar-refractivity contribution in [3.63, 3.8) is 0 Å². The van der Waals surface area contributed by atoms with Crippen molar-refractivity contribution >= 4 is 29.8 Å². The molecule has 3 N–H and O–H groups in total. The van der Waals surface area contributed by atoms with E-state index in [4.69, 9.17) is 16.6 Å². The van der Waals surface area contributed by atoms with Gasteiger partial charge in [-0.3, -0.25) is 4.99 Å². The number of nitrogens with one attached hydrogen (secondary N) is 1. The number of hydrogen-bond donors (Lipinski definition) is 1. The van der Waals surface area contributed by atoms with Crippen LogP contribution in [0, 0.1) is 0 Å². The van der Waals surface area contributed by atoms with E-state index in [0.29, 0.717) is 0 Å². The number of amidine groups is 1. The number of fused-ring (bicyclic) bond motifs is 1. The molecule has 1 atom stereocenters. The lowest BCUT2D eigenvalue weighted by Crippen LogP contribution is -2.26. The van der Waals surface area contributed by atoms with E-state index in [2.05, 4.69) is 29.6 Å². The third-order valence-electron chi connectivity index (χ3n) is 3.47. The molecule has 0 aromatic heterocycles. The van der Waals surface area contributed by atoms with E-state index in [0.717, 1.165) is 17.3 Å². The van der Waals surface area contributed by atoms with Crippen molar-refractivity contribution in [3.05, 3.63) is 70.2 Å². The Labute approximate surface area is 135 Å². The largest absolute Gasteiger partial charge is 0.412 e. The normalized spacial score (nSPS) is 15.9. The minimum Gasteiger partial charge on any atom is -0.412 e. The molecule has 0 saturated carbocycles. The second-order valence-corrected chi connectivity index (χ2v) is 5.09. The monoisotopic (exact) mass is 324 g/mol. The zero-order valence-electron chi connectivity index (χ0n) is 11.6. The number of rotatable bonds is 1. The fourth-order valence-electron chi connectivity index (χ4n) is 2.47. The van der Waals surface area contributed by atoms with Crippen LogP contribution < -0.4 is 5.32 Å². The van der Waals surface area contributed by atoms with Gasteiger partial charge in [0, 0.05) is 18.5 Å². The van der Waals surface area contributed by atoms with Gasteiger partial charge in [0.25, 0.3) is 0 Å². The lowest BCUT2D eigenvalue weighted by molar-refractivity contribution is 0.814. The van der Waals surface area contributed by atoms with Crippen LogP contribution in [0.1, 0.15) is 22.7 Å². The second-order valence-electron chi connectivity index (χ2n) is 4.66. The number of aliphatic imine (C=N–C) groups is 1. The van der Waals surface area contributed by atoms with Gasteiger partial charge in [0.1, 0.15) is 11.9 Å². The first-order chi connectivity index (χ1) is 9.28. The quantitative estimate of drug-likeness (QED) is 0.860. The van der Waals surface area contributed by atoms with Crippen LogP contribution in [0.2, 0.25) is 5.02 Å². The Morgan fingerprint density at radius 2 is 1.76 bits per heavy atom. The fraction of sp³-hybridized carbons (Fsp3) is 0.188. The van der Waals surface area contributed by atoms with E-state index in [9.17, 15) is 0 Å². The van der Waals surface area contributed by atoms with Crippen LogP contribution in [0.5, 0.6) is 0 Å². The molecule has 0 radical (unpaired) electrons. The van der Waals surface area contributed by atoms with Crippen molar-refractivity contribution in [1.29, 1.82) is 0 Å². The first-order valence-corrected chi connectivity index (χ1v) is 6.73. The number of halogens is 2. The molecule has 112 valence electrons. The Morgan fingerprint density at radius 1 is 1.10 bits per heavy atom. The summed E-state index contributed by atoms with van der Waals surface area (Å²) in [5, 5.41) is 3.94. The van der Waals surface area contributed by atoms with Gasteiger partial charge >= 0.3 is 0 Å². The lowest BCUT2D eigenvalue weighted by atomic mass is 9.91. The minimum atomic E-state index is 0. The molecule has 1 unspecified atom stereocenters. The molecule has 1 aliphatic heterocycles. The van der Waals surface area contributed by atoms with Gasteiger partial charge in [0.2, 0.25) is 0 Å². The van der Waals surface area contributed by atoms with Crippen molar-refractivity contribution in [1.82, 2.24) is 5.32 Å². The van der Waals surface area contributed by atoms with Crippen LogP contribution in [0.3, 0.4) is 0 Å². The highest BCUT2D eigenvalue weighted by Crippen LogP contribution is 2.32. The Bertz CT molecular complexity index is 626. The number of benzene rings is 2. The Balaban J connectivity index is 0.00000110. The van der Waals surface area contributed by atoms with Gasteiger partial charge in [0.05, 0.1) is 0 Å². The summed E-state index contributed by atoms with van der Waals surface area (Å²) in [4.78, 5) is 4.80. The first-order valence-electron chi connectivity index (χ1n) is 6.35. The van der Waals surface area contributed by atoms with Gasteiger partial charge in [-0.1, -0.05) is 48.0 Å². The summed E-state index contributed by atoms with van der Waals surface area (Å²) in [7, 11) is 1.92. The van der Waals surface area contributed by atoms with Gasteiger partial charge in [-0.2, -0.15) is 0 Å². The Morgan fingerprint density at radius 3 is 2.43 bits per heavy atom. The molecule has 21 heavy (non-hydrogen) atoms. The molecule has 2 aromatic rings. The maximum absolute atomic E-state index is 5.96. The molecule has 5 heteroatoms. The molecule has 0 saturated heterocycles. The molecule has 3 nitrogen and oxygen atoms in total. The van der Waals surface area contributed by atoms with E-state index in [1.807, 2.05) is 31.3 Å². The average molecular weight is 325 g/mol. The van der Waals surface area contributed by atoms with Gasteiger partial charge in [-0.25, -0.2) is 0 Å². The topological polar surface area (TPSA) is 55.9 Å². The van der Waals surface area contributed by atoms with Gasteiger partial charge < -0.3 is 10.8 Å². The minimum absolute atomic E-state index is 0. The zero-order chi connectivity index (χ0) is 13.2. The molecular formula is C16H18Cl2N2O. The second kappa shape index (κ2) is 7.46. The highest BCUT2D eigenvalue weighted by atomic mass is 35.5. The summed E-state index contributed by atoms with van der Waals surface area (Å²) in [6.07, 6.45) is 0.872. The van der Waals surface area contributed by atoms with Crippen molar-refractivity contribution in [3.8, 4) is 0 Å². The molecule has 0 fully saturated rings. The number of hydrogen-bond acceptors (Lipinski definition) is 2. The summed E-state index contributed by atoms with van der Waals surface area (Å²) >= 11 is 5.96. The summed E-state index contributed by atoms with van der Waals surface area (Å²) in [6.45, 7) is 0. The third kappa shape index (κ3) is 3.56. The van der Waals surface area contributed by atoms with Crippen LogP contribution in [0.25, 0.3) is 0 Å². The van der Waals surface area contributed by atoms with Crippen LogP contribution in [0.4, 0.5) is 0 Å². The van der Waals surface area contributed by atoms with Crippen LogP contribution in [-0.2, 0) is 6.42 Å². The van der Waals surface area contributed by atoms with Crippen LogP contribution in [0.15, 0.2) is 53.5 Å². The first kappa shape index (κ1) is 17.5. The van der Waals surface area contributed by atoms with E-state index in [1.54, 1.807) is 0 Å². The van der Waals surface area contributed by atoms with Gasteiger partial charge in [-0.15, -0.1) is 12.4 Å². The average Bonchev–Trinajstić information content (AvgIpc) is 2.47. The van der Waals surface area contributed by atoms with Crippen LogP contribution >= 0.6 is 24.0 Å². The molecule has 2 aromatic carbocycles. The lowest BCUT2D eigenvalue weighted by Gasteiger charge is -2.24. The predicted molar refractivity (Wildman–Crippen MR) is 90.8 cm³/mol. The molecule has 0 spiro atoms. The van der Waals surface area contributed by atoms with Crippen LogP contribution in [-0.4, -0.2) is 18.4 Å². The predicted octanol–water partition coefficient (Wildman–Crippen LogP) is 3.20. The maximum Gasteiger partial charge on any atom is 0.102 e. The van der Waals surface area contributed by atoms with E-state index >= 15 is 0 Å². The Kier molecular flexibility index (Phi) is 6.21. The van der Waals surface area contributed by atoms with E-state index in [-0.39, 0.29) is 23.9 Å². The highest BCUT2D eigenvalue weighted by Gasteiger charge is 2.22. The summed E-state index contributed by atoms with van der Waals surface area (Å²) in [5.74, 6) is 1.03. The Hall–Kier alpha value is -1.55. The third-order valence-corrected chi connectivity index (χ3v) is 3.72. The van der Waals surface area contributed by atoms with Crippen molar-refractivity contribution in [2.45, 2.75) is 12.5 Å². The highest BCUT2D eigenvalue weighted by molar-refractivity contribution is 6.30. The van der Waals surface area contributed by atoms with Gasteiger partial charge in [0.15, 0.2) is 0 Å². The van der Waals surface area contributed by atoms with Gasteiger partial charge in [-0.05, 0) is 28.8 Å². The number of likely N-dealkylation sites (N-methyl/N-ethyl adjacent to an activating group) is 1. The smallest absolute Gasteiger partial charge is 0.102 e. The van der Waals surface area contributed by atoms with Crippen molar-refractivity contribution in [2.24, 2.45) is 4.99 Å². The molecule has 0 bridgehead atoms. The summed E-state index contributed by atoms with van der Waals surface area (Å²) in [6, 6.07) is 16.5. The van der Waals surface area contributed by atoms with Crippen molar-refractivity contribution in [2.75, 3.05) is 7.05 Å². The molecule has 1 heterocycles. The fourth-order valence-corrected chi connectivity index (χ4v) is 2.59. The maximum atomic E-state index is 5.96. The van der Waals surface area contributed by atoms with Crippen molar-refractivity contribution < 1.29 is 5.48 Å². The molecular weight excluding hydrogens is 307 g/mol. The van der Waals surface area contributed by atoms with E-state index in [1.165, 1.54) is 16.7 Å².